The molecule has 1 aliphatic rings. The highest BCUT2D eigenvalue weighted by atomic mass is 79.9. The number of ether oxygens (including phenoxy) is 1. The monoisotopic (exact) mass is 486 g/mol. The average Bonchev–Trinajstić information content (AvgIpc) is 3.14. The van der Waals surface area contributed by atoms with Gasteiger partial charge in [0.1, 0.15) is 9.96 Å². The molecule has 1 aliphatic carbocycles. The Labute approximate surface area is 177 Å². The van der Waals surface area contributed by atoms with Gasteiger partial charge in [-0.15, -0.1) is 11.3 Å². The number of hydrogen-bond acceptors (Lipinski definition) is 5. The largest absolute Gasteiger partial charge is 0.497 e. The van der Waals surface area contributed by atoms with Gasteiger partial charge in [-0.3, -0.25) is 4.79 Å². The first-order chi connectivity index (χ1) is 13.4. The number of anilines is 1. The summed E-state index contributed by atoms with van der Waals surface area (Å²) in [4.78, 5) is 12.5. The van der Waals surface area contributed by atoms with Crippen LogP contribution in [0, 0.1) is 11.8 Å². The second-order valence-corrected chi connectivity index (χ2v) is 11.3. The maximum atomic E-state index is 12.5. The highest BCUT2D eigenvalue weighted by molar-refractivity contribution is 9.11. The van der Waals surface area contributed by atoms with Crippen LogP contribution in [-0.2, 0) is 14.8 Å². The van der Waals surface area contributed by atoms with Gasteiger partial charge in [0.15, 0.2) is 0 Å². The normalized spacial score (nSPS) is 19.9. The minimum atomic E-state index is -3.47. The third-order valence-electron chi connectivity index (χ3n) is 4.93. The number of benzene rings is 1. The van der Waals surface area contributed by atoms with Crippen molar-refractivity contribution >= 4 is 48.9 Å². The van der Waals surface area contributed by atoms with Gasteiger partial charge >= 0.3 is 0 Å². The summed E-state index contributed by atoms with van der Waals surface area (Å²) < 4.78 is 33.6. The lowest BCUT2D eigenvalue weighted by Crippen LogP contribution is -2.33. The Kier molecular flexibility index (Phi) is 7.14. The summed E-state index contributed by atoms with van der Waals surface area (Å²) in [7, 11) is -1.88. The molecule has 0 radical (unpaired) electrons. The molecule has 2 aromatic rings. The number of nitrogens with one attached hydrogen (secondary N) is 2. The van der Waals surface area contributed by atoms with Crippen LogP contribution in [0.4, 0.5) is 5.69 Å². The minimum Gasteiger partial charge on any atom is -0.497 e. The topological polar surface area (TPSA) is 84.5 Å². The molecular formula is C19H23BrN2O4S2. The highest BCUT2D eigenvalue weighted by Crippen LogP contribution is 2.31. The maximum Gasteiger partial charge on any atom is 0.250 e. The predicted molar refractivity (Wildman–Crippen MR) is 114 cm³/mol. The number of hydrogen-bond donors (Lipinski definition) is 2. The Hall–Kier alpha value is -1.42. The molecule has 1 fully saturated rings. The van der Waals surface area contributed by atoms with Gasteiger partial charge < -0.3 is 10.1 Å². The molecule has 1 aromatic carbocycles. The number of halogens is 1. The first kappa shape index (κ1) is 21.3. The van der Waals surface area contributed by atoms with E-state index in [2.05, 4.69) is 26.0 Å². The zero-order chi connectivity index (χ0) is 20.1. The standard InChI is InChI=1S/C19H23BrN2O4S2/c1-26-16-4-2-3-15(11-16)22-19(23)14-7-5-13(6-8-14)12-21-28(24,25)18-10-9-17(20)27-18/h2-4,9-11,13-14,21H,5-8,12H2,1H3,(H,22,23). The molecule has 3 rings (SSSR count). The van der Waals surface area contributed by atoms with E-state index >= 15 is 0 Å². The summed E-state index contributed by atoms with van der Waals surface area (Å²) >= 11 is 4.48. The van der Waals surface area contributed by atoms with Gasteiger partial charge in [0.25, 0.3) is 0 Å². The van der Waals surface area contributed by atoms with E-state index in [4.69, 9.17) is 4.74 Å². The fourth-order valence-corrected chi connectivity index (χ4v) is 6.49. The van der Waals surface area contributed by atoms with Crippen molar-refractivity contribution in [1.29, 1.82) is 0 Å². The van der Waals surface area contributed by atoms with Crippen LogP contribution in [-0.4, -0.2) is 28.0 Å². The van der Waals surface area contributed by atoms with Gasteiger partial charge in [0.2, 0.25) is 15.9 Å². The van der Waals surface area contributed by atoms with Crippen LogP contribution >= 0.6 is 27.3 Å². The van der Waals surface area contributed by atoms with Crippen LogP contribution in [0.2, 0.25) is 0 Å². The van der Waals surface area contributed by atoms with E-state index in [1.807, 2.05) is 18.2 Å². The van der Waals surface area contributed by atoms with Crippen LogP contribution in [0.1, 0.15) is 25.7 Å². The second kappa shape index (κ2) is 9.39. The SMILES string of the molecule is COc1cccc(NC(=O)C2CCC(CNS(=O)(=O)c3ccc(Br)s3)CC2)c1. The molecule has 2 N–H and O–H groups in total. The van der Waals surface area contributed by atoms with E-state index in [-0.39, 0.29) is 17.7 Å². The number of carbonyl (C=O) groups excluding carboxylic acids is 1. The Morgan fingerprint density at radius 2 is 1.96 bits per heavy atom. The average molecular weight is 487 g/mol. The summed E-state index contributed by atoms with van der Waals surface area (Å²) in [5.41, 5.74) is 0.723. The Balaban J connectivity index is 1.47. The summed E-state index contributed by atoms with van der Waals surface area (Å²) in [5.74, 6) is 0.911. The zero-order valence-corrected chi connectivity index (χ0v) is 18.7. The number of rotatable bonds is 7. The number of thiophene rings is 1. The fraction of sp³-hybridized carbons (Fsp3) is 0.421. The van der Waals surface area contributed by atoms with Crippen LogP contribution in [0.5, 0.6) is 5.75 Å². The van der Waals surface area contributed by atoms with Crippen LogP contribution < -0.4 is 14.8 Å². The molecular weight excluding hydrogens is 464 g/mol. The molecule has 0 aliphatic heterocycles. The first-order valence-corrected chi connectivity index (χ1v) is 12.2. The summed E-state index contributed by atoms with van der Waals surface area (Å²) in [5, 5.41) is 2.95. The van der Waals surface area contributed by atoms with E-state index in [0.717, 1.165) is 35.2 Å². The fourth-order valence-electron chi connectivity index (χ4n) is 3.31. The van der Waals surface area contributed by atoms with Gasteiger partial charge in [-0.1, -0.05) is 6.07 Å². The predicted octanol–water partition coefficient (Wildman–Crippen LogP) is 4.24. The van der Waals surface area contributed by atoms with Gasteiger partial charge in [-0.05, 0) is 71.8 Å². The quantitative estimate of drug-likeness (QED) is 0.612. The van der Waals surface area contributed by atoms with E-state index in [1.165, 1.54) is 11.3 Å². The minimum absolute atomic E-state index is 0.00993. The molecule has 0 spiro atoms. The highest BCUT2D eigenvalue weighted by Gasteiger charge is 2.27. The Morgan fingerprint density at radius 1 is 1.21 bits per heavy atom. The van der Waals surface area contributed by atoms with Gasteiger partial charge in [-0.25, -0.2) is 13.1 Å². The van der Waals surface area contributed by atoms with Crippen LogP contribution in [0.3, 0.4) is 0 Å². The third kappa shape index (κ3) is 5.56. The van der Waals surface area contributed by atoms with Crippen molar-refractivity contribution in [3.63, 3.8) is 0 Å². The lowest BCUT2D eigenvalue weighted by atomic mass is 9.81. The molecule has 1 aromatic heterocycles. The number of amides is 1. The molecule has 0 saturated heterocycles. The number of methoxy groups -OCH3 is 1. The van der Waals surface area contributed by atoms with Crippen LogP contribution in [0.15, 0.2) is 44.4 Å². The van der Waals surface area contributed by atoms with Crippen molar-refractivity contribution in [3.05, 3.63) is 40.2 Å². The summed E-state index contributed by atoms with van der Waals surface area (Å²) in [6, 6.07) is 10.6. The molecule has 1 saturated carbocycles. The smallest absolute Gasteiger partial charge is 0.250 e. The van der Waals surface area contributed by atoms with E-state index in [1.54, 1.807) is 25.3 Å². The van der Waals surface area contributed by atoms with Gasteiger partial charge in [0, 0.05) is 24.2 Å². The van der Waals surface area contributed by atoms with Gasteiger partial charge in [0.05, 0.1) is 10.9 Å². The van der Waals surface area contributed by atoms with Crippen molar-refractivity contribution in [2.24, 2.45) is 11.8 Å². The lowest BCUT2D eigenvalue weighted by Gasteiger charge is -2.27. The van der Waals surface area contributed by atoms with Crippen molar-refractivity contribution in [2.45, 2.75) is 29.9 Å². The lowest BCUT2D eigenvalue weighted by molar-refractivity contribution is -0.121. The first-order valence-electron chi connectivity index (χ1n) is 9.07. The molecule has 0 unspecified atom stereocenters. The van der Waals surface area contributed by atoms with Crippen molar-refractivity contribution in [3.8, 4) is 5.75 Å². The van der Waals surface area contributed by atoms with Crippen LogP contribution in [0.25, 0.3) is 0 Å². The van der Waals surface area contributed by atoms with E-state index in [9.17, 15) is 13.2 Å². The van der Waals surface area contributed by atoms with Crippen molar-refractivity contribution < 1.29 is 17.9 Å². The molecule has 28 heavy (non-hydrogen) atoms. The molecule has 9 heteroatoms. The number of carbonyl (C=O) groups is 1. The van der Waals surface area contributed by atoms with E-state index in [0.29, 0.717) is 16.5 Å². The Morgan fingerprint density at radius 3 is 2.61 bits per heavy atom. The van der Waals surface area contributed by atoms with Crippen molar-refractivity contribution in [1.82, 2.24) is 4.72 Å². The maximum absolute atomic E-state index is 12.5. The van der Waals surface area contributed by atoms with Crippen molar-refractivity contribution in [2.75, 3.05) is 19.0 Å². The molecule has 6 nitrogen and oxygen atoms in total. The van der Waals surface area contributed by atoms with E-state index < -0.39 is 10.0 Å². The van der Waals surface area contributed by atoms with Gasteiger partial charge in [-0.2, -0.15) is 0 Å². The zero-order valence-electron chi connectivity index (χ0n) is 15.5. The molecule has 0 atom stereocenters. The summed E-state index contributed by atoms with van der Waals surface area (Å²) in [6.45, 7) is 0.405. The second-order valence-electron chi connectivity index (χ2n) is 6.85. The molecule has 152 valence electrons. The summed E-state index contributed by atoms with van der Waals surface area (Å²) in [6.07, 6.45) is 3.17. The molecule has 1 heterocycles. The third-order valence-corrected chi connectivity index (χ3v) is 8.47. The molecule has 1 amide bonds. The Bertz CT molecular complexity index is 922. The number of sulfonamides is 1. The molecule has 0 bridgehead atoms.